The zero-order valence-electron chi connectivity index (χ0n) is 17.6. The Balaban J connectivity index is 1.42. The molecule has 6 nitrogen and oxygen atoms in total. The first kappa shape index (κ1) is 20.2. The fourth-order valence-corrected chi connectivity index (χ4v) is 4.31. The topological polar surface area (TPSA) is 100 Å². The summed E-state index contributed by atoms with van der Waals surface area (Å²) in [5.74, 6) is 0.379. The quantitative estimate of drug-likeness (QED) is 0.353. The van der Waals surface area contributed by atoms with Gasteiger partial charge in [0.2, 0.25) is 0 Å². The van der Waals surface area contributed by atoms with E-state index in [-0.39, 0.29) is 12.5 Å². The zero-order chi connectivity index (χ0) is 22.1. The molecule has 1 aliphatic heterocycles. The van der Waals surface area contributed by atoms with E-state index < -0.39 is 6.04 Å². The SMILES string of the molecule is Nc1ccc(-c2cc3c(c(C(=O)N[C@@H](CO)Cc4c[nH]c5ccccc45)c2)OCC3)cc1. The maximum absolute atomic E-state index is 13.3. The number of aliphatic hydroxyl groups is 1. The maximum Gasteiger partial charge on any atom is 0.255 e. The molecular weight excluding hydrogens is 402 g/mol. The molecule has 5 N–H and O–H groups in total. The Morgan fingerprint density at radius 2 is 1.94 bits per heavy atom. The van der Waals surface area contributed by atoms with Crippen molar-refractivity contribution in [3.05, 3.63) is 83.6 Å². The number of aromatic amines is 1. The van der Waals surface area contributed by atoms with Crippen LogP contribution in [0.2, 0.25) is 0 Å². The van der Waals surface area contributed by atoms with Gasteiger partial charge in [0.1, 0.15) is 5.75 Å². The molecule has 0 unspecified atom stereocenters. The lowest BCUT2D eigenvalue weighted by Gasteiger charge is -2.18. The van der Waals surface area contributed by atoms with Crippen molar-refractivity contribution >= 4 is 22.5 Å². The minimum Gasteiger partial charge on any atom is -0.492 e. The normalized spacial score (nSPS) is 13.5. The van der Waals surface area contributed by atoms with E-state index in [0.717, 1.165) is 39.6 Å². The van der Waals surface area contributed by atoms with Crippen LogP contribution in [0.4, 0.5) is 5.69 Å². The minimum absolute atomic E-state index is 0.161. The lowest BCUT2D eigenvalue weighted by atomic mass is 9.97. The summed E-state index contributed by atoms with van der Waals surface area (Å²) >= 11 is 0. The molecule has 0 bridgehead atoms. The average molecular weight is 428 g/mol. The molecule has 6 heteroatoms. The number of nitrogens with one attached hydrogen (secondary N) is 2. The summed E-state index contributed by atoms with van der Waals surface area (Å²) in [4.78, 5) is 16.5. The van der Waals surface area contributed by atoms with Gasteiger partial charge in [0, 0.05) is 29.2 Å². The van der Waals surface area contributed by atoms with Gasteiger partial charge < -0.3 is 25.9 Å². The van der Waals surface area contributed by atoms with Crippen molar-refractivity contribution in [1.82, 2.24) is 10.3 Å². The first-order valence-corrected chi connectivity index (χ1v) is 10.7. The highest BCUT2D eigenvalue weighted by Gasteiger charge is 2.24. The number of hydrogen-bond acceptors (Lipinski definition) is 4. The second-order valence-corrected chi connectivity index (χ2v) is 8.15. The molecule has 32 heavy (non-hydrogen) atoms. The van der Waals surface area contributed by atoms with Crippen LogP contribution in [0.3, 0.4) is 0 Å². The van der Waals surface area contributed by atoms with E-state index in [1.165, 1.54) is 0 Å². The van der Waals surface area contributed by atoms with Crippen molar-refractivity contribution in [2.45, 2.75) is 18.9 Å². The molecule has 0 saturated carbocycles. The number of carbonyl (C=O) groups excluding carboxylic acids is 1. The molecule has 1 atom stereocenters. The van der Waals surface area contributed by atoms with Gasteiger partial charge in [-0.2, -0.15) is 0 Å². The summed E-state index contributed by atoms with van der Waals surface area (Å²) in [6, 6.07) is 19.1. The third-order valence-electron chi connectivity index (χ3n) is 5.97. The Hall–Kier alpha value is -3.77. The van der Waals surface area contributed by atoms with Gasteiger partial charge in [0.25, 0.3) is 5.91 Å². The number of amides is 1. The fraction of sp³-hybridized carbons (Fsp3) is 0.192. The van der Waals surface area contributed by atoms with Gasteiger partial charge in [0.15, 0.2) is 0 Å². The third kappa shape index (κ3) is 3.81. The van der Waals surface area contributed by atoms with Crippen LogP contribution in [-0.4, -0.2) is 35.3 Å². The number of para-hydroxylation sites is 1. The molecule has 4 aromatic rings. The van der Waals surface area contributed by atoms with Gasteiger partial charge in [0.05, 0.1) is 24.8 Å². The number of H-pyrrole nitrogens is 1. The van der Waals surface area contributed by atoms with Crippen LogP contribution in [0.15, 0.2) is 66.9 Å². The molecule has 0 saturated heterocycles. The first-order valence-electron chi connectivity index (χ1n) is 10.7. The largest absolute Gasteiger partial charge is 0.492 e. The minimum atomic E-state index is -0.418. The second-order valence-electron chi connectivity index (χ2n) is 8.15. The van der Waals surface area contributed by atoms with E-state index in [0.29, 0.717) is 30.0 Å². The number of ether oxygens (including phenoxy) is 1. The highest BCUT2D eigenvalue weighted by molar-refractivity contribution is 5.99. The molecule has 0 fully saturated rings. The van der Waals surface area contributed by atoms with E-state index in [4.69, 9.17) is 10.5 Å². The number of fused-ring (bicyclic) bond motifs is 2. The first-order chi connectivity index (χ1) is 15.6. The standard InChI is InChI=1S/C26H25N3O3/c27-20-7-5-16(6-8-20)18-11-17-9-10-32-25(17)23(13-18)26(31)29-21(15-30)12-19-14-28-24-4-2-1-3-22(19)24/h1-8,11,13-14,21,28,30H,9-10,12,15,27H2,(H,29,31)/t21-/m1/s1. The number of nitrogen functional groups attached to an aromatic ring is 1. The van der Waals surface area contributed by atoms with Crippen LogP contribution >= 0.6 is 0 Å². The van der Waals surface area contributed by atoms with Crippen LogP contribution < -0.4 is 15.8 Å². The zero-order valence-corrected chi connectivity index (χ0v) is 17.6. The lowest BCUT2D eigenvalue weighted by molar-refractivity contribution is 0.0913. The Kier molecular flexibility index (Phi) is 5.29. The average Bonchev–Trinajstić information content (AvgIpc) is 3.45. The molecule has 3 aromatic carbocycles. The van der Waals surface area contributed by atoms with E-state index in [9.17, 15) is 9.90 Å². The third-order valence-corrected chi connectivity index (χ3v) is 5.97. The predicted molar refractivity (Wildman–Crippen MR) is 126 cm³/mol. The summed E-state index contributed by atoms with van der Waals surface area (Å²) in [5.41, 5.74) is 12.0. The van der Waals surface area contributed by atoms with Crippen molar-refractivity contribution in [2.75, 3.05) is 18.9 Å². The highest BCUT2D eigenvalue weighted by atomic mass is 16.5. The smallest absolute Gasteiger partial charge is 0.255 e. The number of hydrogen-bond donors (Lipinski definition) is 4. The monoisotopic (exact) mass is 427 g/mol. The van der Waals surface area contributed by atoms with Crippen LogP contribution in [-0.2, 0) is 12.8 Å². The van der Waals surface area contributed by atoms with E-state index in [2.05, 4.69) is 16.4 Å². The number of aliphatic hydroxyl groups excluding tert-OH is 1. The highest BCUT2D eigenvalue weighted by Crippen LogP contribution is 2.35. The van der Waals surface area contributed by atoms with Gasteiger partial charge in [-0.3, -0.25) is 4.79 Å². The molecule has 0 radical (unpaired) electrons. The summed E-state index contributed by atoms with van der Waals surface area (Å²) in [6.45, 7) is 0.394. The van der Waals surface area contributed by atoms with Gasteiger partial charge >= 0.3 is 0 Å². The Morgan fingerprint density at radius 1 is 1.12 bits per heavy atom. The van der Waals surface area contributed by atoms with Gasteiger partial charge in [-0.25, -0.2) is 0 Å². The number of nitrogens with two attached hydrogens (primary N) is 1. The molecular formula is C26H25N3O3. The summed E-state index contributed by atoms with van der Waals surface area (Å²) in [7, 11) is 0. The predicted octanol–water partition coefficient (Wildman–Crippen LogP) is 3.69. The summed E-state index contributed by atoms with van der Waals surface area (Å²) in [5, 5.41) is 14.1. The van der Waals surface area contributed by atoms with Gasteiger partial charge in [-0.1, -0.05) is 30.3 Å². The Bertz CT molecular complexity index is 1280. The van der Waals surface area contributed by atoms with Crippen LogP contribution in [0.25, 0.3) is 22.0 Å². The van der Waals surface area contributed by atoms with Crippen molar-refractivity contribution in [1.29, 1.82) is 0 Å². The van der Waals surface area contributed by atoms with Crippen molar-refractivity contribution in [3.63, 3.8) is 0 Å². The Morgan fingerprint density at radius 3 is 2.75 bits per heavy atom. The van der Waals surface area contributed by atoms with Gasteiger partial charge in [-0.05, 0) is 59.0 Å². The van der Waals surface area contributed by atoms with E-state index in [1.54, 1.807) is 0 Å². The molecule has 1 amide bonds. The molecule has 0 aliphatic carbocycles. The van der Waals surface area contributed by atoms with E-state index >= 15 is 0 Å². The molecule has 1 aliphatic rings. The lowest BCUT2D eigenvalue weighted by Crippen LogP contribution is -2.39. The van der Waals surface area contributed by atoms with Crippen LogP contribution in [0, 0.1) is 0 Å². The van der Waals surface area contributed by atoms with Crippen molar-refractivity contribution in [2.24, 2.45) is 0 Å². The number of rotatable bonds is 6. The summed E-state index contributed by atoms with van der Waals surface area (Å²) in [6.07, 6.45) is 3.21. The second kappa shape index (κ2) is 8.40. The van der Waals surface area contributed by atoms with Crippen molar-refractivity contribution in [3.8, 4) is 16.9 Å². The molecule has 162 valence electrons. The van der Waals surface area contributed by atoms with E-state index in [1.807, 2.05) is 60.8 Å². The molecule has 1 aromatic heterocycles. The maximum atomic E-state index is 13.3. The molecule has 5 rings (SSSR count). The molecule has 0 spiro atoms. The fourth-order valence-electron chi connectivity index (χ4n) is 4.31. The number of aromatic nitrogens is 1. The Labute approximate surface area is 186 Å². The number of benzene rings is 3. The number of anilines is 1. The van der Waals surface area contributed by atoms with Crippen molar-refractivity contribution < 1.29 is 14.6 Å². The van der Waals surface area contributed by atoms with Crippen LogP contribution in [0.1, 0.15) is 21.5 Å². The van der Waals surface area contributed by atoms with Crippen LogP contribution in [0.5, 0.6) is 5.75 Å². The molecule has 2 heterocycles. The summed E-state index contributed by atoms with van der Waals surface area (Å²) < 4.78 is 5.79. The van der Waals surface area contributed by atoms with Gasteiger partial charge in [-0.15, -0.1) is 0 Å². The number of carbonyl (C=O) groups is 1.